The van der Waals surface area contributed by atoms with Crippen LogP contribution >= 0.6 is 11.6 Å². The second-order valence-corrected chi connectivity index (χ2v) is 4.08. The summed E-state index contributed by atoms with van der Waals surface area (Å²) in [4.78, 5) is 11.4. The number of benzene rings is 1. The smallest absolute Gasteiger partial charge is 0.310 e. The van der Waals surface area contributed by atoms with E-state index < -0.39 is 0 Å². The molecule has 88 valence electrons. The highest BCUT2D eigenvalue weighted by molar-refractivity contribution is 6.17. The van der Waals surface area contributed by atoms with E-state index >= 15 is 0 Å². The van der Waals surface area contributed by atoms with Gasteiger partial charge in [0.15, 0.2) is 0 Å². The first-order chi connectivity index (χ1) is 7.58. The lowest BCUT2D eigenvalue weighted by Gasteiger charge is -2.10. The van der Waals surface area contributed by atoms with Crippen LogP contribution in [0.4, 0.5) is 0 Å². The second-order valence-electron chi connectivity index (χ2n) is 3.81. The maximum absolute atomic E-state index is 11.4. The van der Waals surface area contributed by atoms with Crippen LogP contribution in [0.25, 0.3) is 0 Å². The molecule has 0 heterocycles. The Balaban J connectivity index is 2.94. The van der Waals surface area contributed by atoms with E-state index in [0.29, 0.717) is 18.9 Å². The van der Waals surface area contributed by atoms with Crippen LogP contribution in [0.1, 0.15) is 29.2 Å². The molecule has 0 unspecified atom stereocenters. The first kappa shape index (κ1) is 13.0. The van der Waals surface area contributed by atoms with Crippen LogP contribution in [-0.4, -0.2) is 12.6 Å². The van der Waals surface area contributed by atoms with Crippen molar-refractivity contribution in [2.24, 2.45) is 0 Å². The summed E-state index contributed by atoms with van der Waals surface area (Å²) in [7, 11) is 0. The molecule has 0 N–H and O–H groups in total. The summed E-state index contributed by atoms with van der Waals surface area (Å²) in [6, 6.07) is 4.03. The summed E-state index contributed by atoms with van der Waals surface area (Å²) in [6.07, 6.45) is 0.325. The summed E-state index contributed by atoms with van der Waals surface area (Å²) < 4.78 is 4.94. The number of hydrogen-bond acceptors (Lipinski definition) is 2. The molecule has 3 heteroatoms. The molecule has 0 aliphatic heterocycles. The maximum Gasteiger partial charge on any atom is 0.310 e. The van der Waals surface area contributed by atoms with Crippen LogP contribution in [0.2, 0.25) is 0 Å². The number of carbonyl (C=O) groups is 1. The van der Waals surface area contributed by atoms with Crippen molar-refractivity contribution in [2.45, 2.75) is 33.1 Å². The van der Waals surface area contributed by atoms with Gasteiger partial charge in [0.25, 0.3) is 0 Å². The fourth-order valence-corrected chi connectivity index (χ4v) is 1.80. The Morgan fingerprint density at radius 2 is 2.06 bits per heavy atom. The van der Waals surface area contributed by atoms with Crippen LogP contribution in [0, 0.1) is 13.8 Å². The average Bonchev–Trinajstić information content (AvgIpc) is 2.24. The van der Waals surface area contributed by atoms with Crippen molar-refractivity contribution < 1.29 is 9.53 Å². The highest BCUT2D eigenvalue weighted by Crippen LogP contribution is 2.18. The van der Waals surface area contributed by atoms with Gasteiger partial charge >= 0.3 is 5.97 Å². The van der Waals surface area contributed by atoms with Gasteiger partial charge < -0.3 is 4.74 Å². The van der Waals surface area contributed by atoms with Crippen LogP contribution in [-0.2, 0) is 21.8 Å². The Morgan fingerprint density at radius 3 is 2.62 bits per heavy atom. The summed E-state index contributed by atoms with van der Waals surface area (Å²) in [5.41, 5.74) is 4.36. The third kappa shape index (κ3) is 3.24. The highest BCUT2D eigenvalue weighted by Gasteiger charge is 2.09. The number of ether oxygens (including phenoxy) is 1. The van der Waals surface area contributed by atoms with Crippen molar-refractivity contribution >= 4 is 17.6 Å². The average molecular weight is 241 g/mol. The van der Waals surface area contributed by atoms with Gasteiger partial charge in [-0.05, 0) is 43.0 Å². The monoisotopic (exact) mass is 240 g/mol. The number of carbonyl (C=O) groups excluding carboxylic acids is 1. The zero-order valence-corrected chi connectivity index (χ0v) is 10.7. The minimum atomic E-state index is -0.184. The fourth-order valence-electron chi connectivity index (χ4n) is 1.64. The molecular formula is C13H17ClO2. The Kier molecular flexibility index (Phi) is 4.81. The van der Waals surface area contributed by atoms with Crippen molar-refractivity contribution in [3.05, 3.63) is 34.4 Å². The molecule has 0 atom stereocenters. The normalized spacial score (nSPS) is 10.2. The van der Waals surface area contributed by atoms with Crippen molar-refractivity contribution in [2.75, 3.05) is 6.61 Å². The molecule has 2 nitrogen and oxygen atoms in total. The van der Waals surface area contributed by atoms with E-state index in [-0.39, 0.29) is 5.97 Å². The van der Waals surface area contributed by atoms with Crippen LogP contribution in [0.15, 0.2) is 12.1 Å². The standard InChI is InChI=1S/C13H17ClO2/c1-4-16-13(15)7-12-6-11(8-14)5-9(2)10(12)3/h5-6H,4,7-8H2,1-3H3. The maximum atomic E-state index is 11.4. The molecule has 1 aromatic carbocycles. The van der Waals surface area contributed by atoms with Gasteiger partial charge in [0.1, 0.15) is 0 Å². The summed E-state index contributed by atoms with van der Waals surface area (Å²) in [5, 5.41) is 0. The molecule has 0 saturated carbocycles. The third-order valence-corrected chi connectivity index (χ3v) is 2.94. The predicted molar refractivity (Wildman–Crippen MR) is 65.8 cm³/mol. The van der Waals surface area contributed by atoms with Crippen molar-refractivity contribution in [3.63, 3.8) is 0 Å². The molecular weight excluding hydrogens is 224 g/mol. The fraction of sp³-hybridized carbons (Fsp3) is 0.462. The van der Waals surface area contributed by atoms with Gasteiger partial charge in [-0.2, -0.15) is 0 Å². The molecule has 0 bridgehead atoms. The van der Waals surface area contributed by atoms with Gasteiger partial charge in [-0.15, -0.1) is 11.6 Å². The Labute approximate surface area is 102 Å². The van der Waals surface area contributed by atoms with E-state index in [1.54, 1.807) is 0 Å². The topological polar surface area (TPSA) is 26.3 Å². The van der Waals surface area contributed by atoms with Crippen LogP contribution < -0.4 is 0 Å². The number of aryl methyl sites for hydroxylation is 1. The van der Waals surface area contributed by atoms with Crippen molar-refractivity contribution in [1.29, 1.82) is 0 Å². The lowest BCUT2D eigenvalue weighted by molar-refractivity contribution is -0.142. The van der Waals surface area contributed by atoms with Gasteiger partial charge in [-0.25, -0.2) is 0 Å². The van der Waals surface area contributed by atoms with Gasteiger partial charge in [-0.1, -0.05) is 12.1 Å². The molecule has 0 spiro atoms. The zero-order chi connectivity index (χ0) is 12.1. The van der Waals surface area contributed by atoms with Crippen molar-refractivity contribution in [1.82, 2.24) is 0 Å². The number of hydrogen-bond donors (Lipinski definition) is 0. The molecule has 0 aliphatic rings. The minimum Gasteiger partial charge on any atom is -0.466 e. The molecule has 1 aromatic rings. The van der Waals surface area contributed by atoms with E-state index in [1.165, 1.54) is 0 Å². The second kappa shape index (κ2) is 5.90. The summed E-state index contributed by atoms with van der Waals surface area (Å²) >= 11 is 5.80. The van der Waals surface area contributed by atoms with E-state index in [0.717, 1.165) is 22.3 Å². The Morgan fingerprint density at radius 1 is 1.38 bits per heavy atom. The van der Waals surface area contributed by atoms with E-state index in [1.807, 2.05) is 26.8 Å². The first-order valence-corrected chi connectivity index (χ1v) is 5.92. The lowest BCUT2D eigenvalue weighted by atomic mass is 9.98. The van der Waals surface area contributed by atoms with Gasteiger partial charge in [0, 0.05) is 5.88 Å². The number of alkyl halides is 1. The summed E-state index contributed by atoms with van der Waals surface area (Å²) in [6.45, 7) is 6.28. The van der Waals surface area contributed by atoms with Crippen molar-refractivity contribution in [3.8, 4) is 0 Å². The van der Waals surface area contributed by atoms with Gasteiger partial charge in [0.05, 0.1) is 13.0 Å². The molecule has 0 amide bonds. The molecule has 0 aliphatic carbocycles. The molecule has 0 radical (unpaired) electrons. The number of esters is 1. The Bertz CT molecular complexity index is 386. The molecule has 1 rings (SSSR count). The van der Waals surface area contributed by atoms with E-state index in [4.69, 9.17) is 16.3 Å². The molecule has 0 saturated heterocycles. The highest BCUT2D eigenvalue weighted by atomic mass is 35.5. The quantitative estimate of drug-likeness (QED) is 0.597. The molecule has 0 aromatic heterocycles. The number of rotatable bonds is 4. The lowest BCUT2D eigenvalue weighted by Crippen LogP contribution is -2.09. The zero-order valence-electron chi connectivity index (χ0n) is 9.97. The van der Waals surface area contributed by atoms with E-state index in [2.05, 4.69) is 6.07 Å². The molecule has 0 fully saturated rings. The minimum absolute atomic E-state index is 0.184. The van der Waals surface area contributed by atoms with Gasteiger partial charge in [0.2, 0.25) is 0 Å². The number of halogens is 1. The van der Waals surface area contributed by atoms with Gasteiger partial charge in [-0.3, -0.25) is 4.79 Å². The SMILES string of the molecule is CCOC(=O)Cc1cc(CCl)cc(C)c1C. The largest absolute Gasteiger partial charge is 0.466 e. The first-order valence-electron chi connectivity index (χ1n) is 5.39. The van der Waals surface area contributed by atoms with Crippen LogP contribution in [0.5, 0.6) is 0 Å². The molecule has 16 heavy (non-hydrogen) atoms. The predicted octanol–water partition coefficient (Wildman–Crippen LogP) is 3.15. The summed E-state index contributed by atoms with van der Waals surface area (Å²) in [5.74, 6) is 0.286. The Hall–Kier alpha value is -1.02. The van der Waals surface area contributed by atoms with Crippen LogP contribution in [0.3, 0.4) is 0 Å². The third-order valence-electron chi connectivity index (χ3n) is 2.63. The van der Waals surface area contributed by atoms with E-state index in [9.17, 15) is 4.79 Å².